The molecule has 0 aliphatic heterocycles. The monoisotopic (exact) mass is 553 g/mol. The summed E-state index contributed by atoms with van der Waals surface area (Å²) in [6, 6.07) is 13.1. The van der Waals surface area contributed by atoms with Crippen molar-refractivity contribution in [3.05, 3.63) is 64.1 Å². The Morgan fingerprint density at radius 3 is 2.31 bits per heavy atom. The van der Waals surface area contributed by atoms with Crippen molar-refractivity contribution in [2.45, 2.75) is 64.1 Å². The summed E-state index contributed by atoms with van der Waals surface area (Å²) in [4.78, 5) is 28.5. The van der Waals surface area contributed by atoms with E-state index in [9.17, 15) is 18.0 Å². The van der Waals surface area contributed by atoms with Gasteiger partial charge in [-0.3, -0.25) is 13.9 Å². The molecule has 1 aliphatic carbocycles. The zero-order valence-corrected chi connectivity index (χ0v) is 23.0. The highest BCUT2D eigenvalue weighted by Gasteiger charge is 2.33. The predicted molar refractivity (Wildman–Crippen MR) is 145 cm³/mol. The summed E-state index contributed by atoms with van der Waals surface area (Å²) in [5.41, 5.74) is 0.987. The standard InChI is InChI=1S/C26H33Cl2N3O4S/c1-3-23(26(33)29-21-12-8-5-9-13-21)30(17-19-10-6-4-7-11-19)25(32)18-31(36(2,34)35)24-15-14-20(27)16-22(24)28/h4,6-7,10-11,14-16,21,23H,3,5,8-9,12-13,17-18H2,1-2H3,(H,29,33)/t23-/m0/s1. The van der Waals surface area contributed by atoms with Crippen LogP contribution in [0.4, 0.5) is 5.69 Å². The number of hydrogen-bond acceptors (Lipinski definition) is 4. The third kappa shape index (κ3) is 7.60. The molecular formula is C26H33Cl2N3O4S. The number of nitrogens with zero attached hydrogens (tertiary/aromatic N) is 2. The molecule has 1 aliphatic rings. The predicted octanol–water partition coefficient (Wildman–Crippen LogP) is 5.02. The highest BCUT2D eigenvalue weighted by molar-refractivity contribution is 7.92. The second-order valence-corrected chi connectivity index (χ2v) is 11.9. The lowest BCUT2D eigenvalue weighted by molar-refractivity contribution is -0.140. The summed E-state index contributed by atoms with van der Waals surface area (Å²) >= 11 is 12.3. The summed E-state index contributed by atoms with van der Waals surface area (Å²) < 4.78 is 26.4. The molecule has 0 spiro atoms. The summed E-state index contributed by atoms with van der Waals surface area (Å²) in [6.45, 7) is 1.52. The topological polar surface area (TPSA) is 86.8 Å². The average Bonchev–Trinajstić information content (AvgIpc) is 2.83. The first kappa shape index (κ1) is 28.3. The first-order chi connectivity index (χ1) is 17.1. The molecule has 0 heterocycles. The number of anilines is 1. The second kappa shape index (κ2) is 12.8. The lowest BCUT2D eigenvalue weighted by atomic mass is 9.95. The van der Waals surface area contributed by atoms with E-state index in [-0.39, 0.29) is 29.2 Å². The summed E-state index contributed by atoms with van der Waals surface area (Å²) in [7, 11) is -3.87. The lowest BCUT2D eigenvalue weighted by Gasteiger charge is -2.34. The molecule has 0 bridgehead atoms. The number of benzene rings is 2. The summed E-state index contributed by atoms with van der Waals surface area (Å²) in [5, 5.41) is 3.58. The van der Waals surface area contributed by atoms with Crippen molar-refractivity contribution in [3.8, 4) is 0 Å². The maximum absolute atomic E-state index is 13.7. The number of carbonyl (C=O) groups excluding carboxylic acids is 2. The second-order valence-electron chi connectivity index (χ2n) is 9.14. The van der Waals surface area contributed by atoms with Crippen LogP contribution in [-0.2, 0) is 26.2 Å². The SMILES string of the molecule is CC[C@@H](C(=O)NC1CCCCC1)N(Cc1ccccc1)C(=O)CN(c1ccc(Cl)cc1Cl)S(C)(=O)=O. The van der Waals surface area contributed by atoms with Gasteiger partial charge in [-0.05, 0) is 43.0 Å². The van der Waals surface area contributed by atoms with Crippen molar-refractivity contribution >= 4 is 50.7 Å². The molecule has 196 valence electrons. The molecule has 7 nitrogen and oxygen atoms in total. The van der Waals surface area contributed by atoms with Crippen LogP contribution in [0.25, 0.3) is 0 Å². The van der Waals surface area contributed by atoms with Crippen molar-refractivity contribution in [2.75, 3.05) is 17.1 Å². The Morgan fingerprint density at radius 2 is 1.72 bits per heavy atom. The molecule has 0 aromatic heterocycles. The Hall–Kier alpha value is -2.29. The van der Waals surface area contributed by atoms with Gasteiger partial charge in [-0.15, -0.1) is 0 Å². The van der Waals surface area contributed by atoms with E-state index in [0.29, 0.717) is 11.4 Å². The molecule has 10 heteroatoms. The number of halogens is 2. The van der Waals surface area contributed by atoms with Crippen LogP contribution >= 0.6 is 23.2 Å². The minimum atomic E-state index is -3.87. The molecule has 1 fully saturated rings. The van der Waals surface area contributed by atoms with E-state index in [1.165, 1.54) is 23.1 Å². The molecule has 2 amide bonds. The molecule has 0 saturated heterocycles. The first-order valence-corrected chi connectivity index (χ1v) is 14.8. The van der Waals surface area contributed by atoms with Gasteiger partial charge in [0.15, 0.2) is 0 Å². The van der Waals surface area contributed by atoms with E-state index < -0.39 is 28.5 Å². The normalized spacial score (nSPS) is 15.2. The third-order valence-corrected chi connectivity index (χ3v) is 8.06. The fourth-order valence-corrected chi connectivity index (χ4v) is 5.94. The van der Waals surface area contributed by atoms with Gasteiger partial charge in [0.05, 0.1) is 17.0 Å². The highest BCUT2D eigenvalue weighted by atomic mass is 35.5. The van der Waals surface area contributed by atoms with Gasteiger partial charge in [0, 0.05) is 17.6 Å². The molecule has 1 atom stereocenters. The first-order valence-electron chi connectivity index (χ1n) is 12.2. The largest absolute Gasteiger partial charge is 0.352 e. The number of sulfonamides is 1. The van der Waals surface area contributed by atoms with E-state index in [4.69, 9.17) is 23.2 Å². The van der Waals surface area contributed by atoms with Crippen LogP contribution in [0.2, 0.25) is 10.0 Å². The molecular weight excluding hydrogens is 521 g/mol. The maximum Gasteiger partial charge on any atom is 0.244 e. The smallest absolute Gasteiger partial charge is 0.244 e. The summed E-state index contributed by atoms with van der Waals surface area (Å²) in [5.74, 6) is -0.718. The Morgan fingerprint density at radius 1 is 1.06 bits per heavy atom. The number of carbonyl (C=O) groups is 2. The molecule has 1 N–H and O–H groups in total. The van der Waals surface area contributed by atoms with Gasteiger partial charge >= 0.3 is 0 Å². The molecule has 2 aromatic carbocycles. The van der Waals surface area contributed by atoms with Gasteiger partial charge < -0.3 is 10.2 Å². The lowest BCUT2D eigenvalue weighted by Crippen LogP contribution is -2.54. The number of amides is 2. The zero-order valence-electron chi connectivity index (χ0n) is 20.6. The highest BCUT2D eigenvalue weighted by Crippen LogP contribution is 2.30. The minimum Gasteiger partial charge on any atom is -0.352 e. The zero-order chi connectivity index (χ0) is 26.3. The molecule has 36 heavy (non-hydrogen) atoms. The van der Waals surface area contributed by atoms with Crippen LogP contribution in [0.3, 0.4) is 0 Å². The Kier molecular flexibility index (Phi) is 10.0. The maximum atomic E-state index is 13.7. The van der Waals surface area contributed by atoms with Gasteiger partial charge in [-0.2, -0.15) is 0 Å². The van der Waals surface area contributed by atoms with Crippen LogP contribution in [0, 0.1) is 0 Å². The fraction of sp³-hybridized carbons (Fsp3) is 0.462. The quantitative estimate of drug-likeness (QED) is 0.447. The van der Waals surface area contributed by atoms with Crippen molar-refractivity contribution in [2.24, 2.45) is 0 Å². The average molecular weight is 555 g/mol. The Bertz CT molecular complexity index is 1160. The van der Waals surface area contributed by atoms with E-state index >= 15 is 0 Å². The van der Waals surface area contributed by atoms with Gasteiger partial charge in [-0.25, -0.2) is 8.42 Å². The van der Waals surface area contributed by atoms with Crippen LogP contribution in [0.5, 0.6) is 0 Å². The third-order valence-electron chi connectivity index (χ3n) is 6.39. The van der Waals surface area contributed by atoms with Gasteiger partial charge in [-0.1, -0.05) is 79.7 Å². The minimum absolute atomic E-state index is 0.0920. The van der Waals surface area contributed by atoms with Crippen LogP contribution < -0.4 is 9.62 Å². The Balaban J connectivity index is 1.91. The van der Waals surface area contributed by atoms with Gasteiger partial charge in [0.25, 0.3) is 0 Å². The van der Waals surface area contributed by atoms with Crippen molar-refractivity contribution < 1.29 is 18.0 Å². The fourth-order valence-electron chi connectivity index (χ4n) is 4.52. The van der Waals surface area contributed by atoms with E-state index in [2.05, 4.69) is 5.32 Å². The molecule has 0 unspecified atom stereocenters. The van der Waals surface area contributed by atoms with Crippen molar-refractivity contribution in [1.82, 2.24) is 10.2 Å². The molecule has 0 radical (unpaired) electrons. The van der Waals surface area contributed by atoms with Crippen molar-refractivity contribution in [3.63, 3.8) is 0 Å². The van der Waals surface area contributed by atoms with Gasteiger partial charge in [0.1, 0.15) is 12.6 Å². The number of rotatable bonds is 10. The van der Waals surface area contributed by atoms with Gasteiger partial charge in [0.2, 0.25) is 21.8 Å². The van der Waals surface area contributed by atoms with E-state index in [1.54, 1.807) is 0 Å². The Labute approximate surface area is 223 Å². The molecule has 1 saturated carbocycles. The van der Waals surface area contributed by atoms with Crippen LogP contribution in [0.1, 0.15) is 51.0 Å². The molecule has 2 aromatic rings. The van der Waals surface area contributed by atoms with Crippen LogP contribution in [-0.4, -0.2) is 50.0 Å². The molecule has 3 rings (SSSR count). The summed E-state index contributed by atoms with van der Waals surface area (Å²) in [6.07, 6.45) is 6.55. The van der Waals surface area contributed by atoms with E-state index in [1.807, 2.05) is 37.3 Å². The number of hydrogen-bond donors (Lipinski definition) is 1. The van der Waals surface area contributed by atoms with Crippen molar-refractivity contribution in [1.29, 1.82) is 0 Å². The van der Waals surface area contributed by atoms with E-state index in [0.717, 1.165) is 48.2 Å². The number of nitrogens with one attached hydrogen (secondary N) is 1. The van der Waals surface area contributed by atoms with Crippen LogP contribution in [0.15, 0.2) is 48.5 Å².